The SMILES string of the molecule is CC/C=C\C/C=C\C/C=C\C/C=C\C/C=C\CCCCCCCCCCCC(=O)OCC(COC(=O)CCCCCCC/C=C\C/C=C\C/C=C\CC)OC(=O)CCCCCCCCCCCCC/C=C\C/C=C\CCCCCCC. The lowest BCUT2D eigenvalue weighted by atomic mass is 10.0. The molecule has 6 nitrogen and oxygen atoms in total. The van der Waals surface area contributed by atoms with Gasteiger partial charge in [-0.05, 0) is 128 Å². The lowest BCUT2D eigenvalue weighted by molar-refractivity contribution is -0.167. The molecule has 0 amide bonds. The number of allylic oxidation sites excluding steroid dienone is 20. The molecule has 0 rings (SSSR count). The number of unbranched alkanes of at least 4 members (excludes halogenated alkanes) is 30. The fourth-order valence-corrected chi connectivity index (χ4v) is 9.40. The van der Waals surface area contributed by atoms with Crippen LogP contribution in [0.15, 0.2) is 122 Å². The average molecular weight is 1120 g/mol. The molecule has 0 aromatic carbocycles. The topological polar surface area (TPSA) is 78.9 Å². The number of carbonyl (C=O) groups is 3. The minimum atomic E-state index is -0.794. The van der Waals surface area contributed by atoms with Crippen LogP contribution in [0.5, 0.6) is 0 Å². The van der Waals surface area contributed by atoms with Gasteiger partial charge in [-0.1, -0.05) is 290 Å². The van der Waals surface area contributed by atoms with Crippen LogP contribution in [0.2, 0.25) is 0 Å². The summed E-state index contributed by atoms with van der Waals surface area (Å²) in [4.78, 5) is 38.4. The van der Waals surface area contributed by atoms with Crippen LogP contribution in [-0.2, 0) is 28.6 Å². The van der Waals surface area contributed by atoms with Gasteiger partial charge in [0.25, 0.3) is 0 Å². The molecule has 0 fully saturated rings. The maximum Gasteiger partial charge on any atom is 0.306 e. The number of ether oxygens (including phenoxy) is 3. The largest absolute Gasteiger partial charge is 0.462 e. The van der Waals surface area contributed by atoms with Gasteiger partial charge in [0.2, 0.25) is 0 Å². The summed E-state index contributed by atoms with van der Waals surface area (Å²) in [5.74, 6) is -0.905. The quantitative estimate of drug-likeness (QED) is 0.0261. The Kier molecular flexibility index (Phi) is 64.8. The Labute approximate surface area is 501 Å². The fourth-order valence-electron chi connectivity index (χ4n) is 9.40. The van der Waals surface area contributed by atoms with E-state index < -0.39 is 6.10 Å². The second kappa shape index (κ2) is 68.3. The Morgan fingerprint density at radius 1 is 0.259 bits per heavy atom. The van der Waals surface area contributed by atoms with E-state index >= 15 is 0 Å². The molecule has 0 aromatic heterocycles. The van der Waals surface area contributed by atoms with E-state index in [2.05, 4.69) is 142 Å². The standard InChI is InChI=1S/C75H126O6/c1-4-7-10-13-16-19-22-25-28-30-32-34-36-37-39-40-42-44-47-50-53-56-59-62-65-68-74(77)80-71-72(70-79-73(76)67-64-61-58-55-52-49-46-27-24-21-18-15-12-9-6-3)81-75(78)69-66-63-60-57-54-51-48-45-43-41-38-35-33-31-29-26-23-20-17-14-11-8-5-2/h7,9-10,12,16,18-19,21,23,25-28,31-34,37,39,46,72H,4-6,8,11,13-15,17,20,22,24,29-30,35-36,38,40-45,47-71H2,1-3H3/b10-7-,12-9-,19-16-,21-18-,26-23-,28-25-,33-31-,34-32-,39-37-,46-27-. The summed E-state index contributed by atoms with van der Waals surface area (Å²) in [5.41, 5.74) is 0. The highest BCUT2D eigenvalue weighted by atomic mass is 16.6. The number of rotatable bonds is 61. The summed E-state index contributed by atoms with van der Waals surface area (Å²) in [6.07, 6.45) is 94.9. The highest BCUT2D eigenvalue weighted by Crippen LogP contribution is 2.16. The smallest absolute Gasteiger partial charge is 0.306 e. The Morgan fingerprint density at radius 3 is 0.753 bits per heavy atom. The summed E-state index contributed by atoms with van der Waals surface area (Å²) in [6.45, 7) is 6.41. The van der Waals surface area contributed by atoms with E-state index in [1.165, 1.54) is 135 Å². The van der Waals surface area contributed by atoms with E-state index in [1.54, 1.807) is 0 Å². The second-order valence-corrected chi connectivity index (χ2v) is 22.3. The van der Waals surface area contributed by atoms with Crippen LogP contribution >= 0.6 is 0 Å². The van der Waals surface area contributed by atoms with Crippen LogP contribution in [0.25, 0.3) is 0 Å². The lowest BCUT2D eigenvalue weighted by Crippen LogP contribution is -2.30. The molecule has 0 aliphatic heterocycles. The molecule has 81 heavy (non-hydrogen) atoms. The fraction of sp³-hybridized carbons (Fsp3) is 0.693. The van der Waals surface area contributed by atoms with Gasteiger partial charge in [0, 0.05) is 19.3 Å². The van der Waals surface area contributed by atoms with Crippen molar-refractivity contribution in [1.82, 2.24) is 0 Å². The predicted molar refractivity (Wildman–Crippen MR) is 353 cm³/mol. The molecule has 0 saturated heterocycles. The molecule has 0 heterocycles. The Bertz CT molecular complexity index is 1670. The summed E-state index contributed by atoms with van der Waals surface area (Å²) in [7, 11) is 0. The molecule has 0 spiro atoms. The summed E-state index contributed by atoms with van der Waals surface area (Å²) in [5, 5.41) is 0. The average Bonchev–Trinajstić information content (AvgIpc) is 3.47. The van der Waals surface area contributed by atoms with Crippen molar-refractivity contribution in [3.8, 4) is 0 Å². The third-order valence-electron chi connectivity index (χ3n) is 14.4. The van der Waals surface area contributed by atoms with Gasteiger partial charge in [-0.3, -0.25) is 14.4 Å². The molecule has 0 aliphatic rings. The molecule has 1 atom stereocenters. The van der Waals surface area contributed by atoms with Crippen molar-refractivity contribution in [1.29, 1.82) is 0 Å². The van der Waals surface area contributed by atoms with E-state index in [1.807, 2.05) is 0 Å². The molecule has 0 N–H and O–H groups in total. The summed E-state index contributed by atoms with van der Waals surface area (Å²) in [6, 6.07) is 0. The van der Waals surface area contributed by atoms with Gasteiger partial charge in [0.1, 0.15) is 13.2 Å². The van der Waals surface area contributed by atoms with Crippen molar-refractivity contribution in [2.24, 2.45) is 0 Å². The normalized spacial score (nSPS) is 12.9. The minimum Gasteiger partial charge on any atom is -0.462 e. The number of esters is 3. The third-order valence-corrected chi connectivity index (χ3v) is 14.4. The number of hydrogen-bond acceptors (Lipinski definition) is 6. The molecular weight excluding hydrogens is 997 g/mol. The van der Waals surface area contributed by atoms with Crippen LogP contribution in [0, 0.1) is 0 Å². The van der Waals surface area contributed by atoms with Gasteiger partial charge < -0.3 is 14.2 Å². The van der Waals surface area contributed by atoms with Crippen molar-refractivity contribution in [2.75, 3.05) is 13.2 Å². The molecule has 0 saturated carbocycles. The Balaban J connectivity index is 4.38. The van der Waals surface area contributed by atoms with E-state index in [4.69, 9.17) is 14.2 Å². The Morgan fingerprint density at radius 2 is 0.481 bits per heavy atom. The lowest BCUT2D eigenvalue weighted by Gasteiger charge is -2.18. The van der Waals surface area contributed by atoms with Gasteiger partial charge >= 0.3 is 17.9 Å². The molecule has 462 valence electrons. The molecular formula is C75H126O6. The highest BCUT2D eigenvalue weighted by Gasteiger charge is 2.19. The van der Waals surface area contributed by atoms with Crippen LogP contribution in [0.4, 0.5) is 0 Å². The van der Waals surface area contributed by atoms with Gasteiger partial charge in [0.15, 0.2) is 6.10 Å². The zero-order chi connectivity index (χ0) is 58.5. The zero-order valence-corrected chi connectivity index (χ0v) is 53.0. The maximum absolute atomic E-state index is 13.0. The van der Waals surface area contributed by atoms with Crippen LogP contribution in [-0.4, -0.2) is 37.2 Å². The molecule has 6 heteroatoms. The van der Waals surface area contributed by atoms with E-state index in [0.717, 1.165) is 141 Å². The molecule has 0 radical (unpaired) electrons. The predicted octanol–water partition coefficient (Wildman–Crippen LogP) is 23.6. The monoisotopic (exact) mass is 1120 g/mol. The second-order valence-electron chi connectivity index (χ2n) is 22.3. The first-order chi connectivity index (χ1) is 40.0. The van der Waals surface area contributed by atoms with E-state index in [-0.39, 0.29) is 31.1 Å². The van der Waals surface area contributed by atoms with Crippen molar-refractivity contribution in [3.63, 3.8) is 0 Å². The zero-order valence-electron chi connectivity index (χ0n) is 53.0. The van der Waals surface area contributed by atoms with Gasteiger partial charge in [0.05, 0.1) is 0 Å². The first-order valence-corrected chi connectivity index (χ1v) is 34.0. The van der Waals surface area contributed by atoms with Crippen LogP contribution < -0.4 is 0 Å². The number of carbonyl (C=O) groups excluding carboxylic acids is 3. The molecule has 0 bridgehead atoms. The van der Waals surface area contributed by atoms with Crippen molar-refractivity contribution < 1.29 is 28.6 Å². The Hall–Kier alpha value is -4.19. The van der Waals surface area contributed by atoms with Crippen LogP contribution in [0.1, 0.15) is 316 Å². The van der Waals surface area contributed by atoms with Crippen molar-refractivity contribution in [3.05, 3.63) is 122 Å². The van der Waals surface area contributed by atoms with E-state index in [9.17, 15) is 14.4 Å². The van der Waals surface area contributed by atoms with E-state index in [0.29, 0.717) is 19.3 Å². The first-order valence-electron chi connectivity index (χ1n) is 34.0. The minimum absolute atomic E-state index is 0.0891. The summed E-state index contributed by atoms with van der Waals surface area (Å²) >= 11 is 0. The highest BCUT2D eigenvalue weighted by molar-refractivity contribution is 5.71. The van der Waals surface area contributed by atoms with Gasteiger partial charge in [-0.15, -0.1) is 0 Å². The first kappa shape index (κ1) is 76.8. The molecule has 0 aliphatic carbocycles. The van der Waals surface area contributed by atoms with Crippen molar-refractivity contribution >= 4 is 17.9 Å². The summed E-state index contributed by atoms with van der Waals surface area (Å²) < 4.78 is 17.0. The molecule has 1 unspecified atom stereocenters. The maximum atomic E-state index is 13.0. The van der Waals surface area contributed by atoms with Crippen molar-refractivity contribution in [2.45, 2.75) is 322 Å². The van der Waals surface area contributed by atoms with Gasteiger partial charge in [-0.25, -0.2) is 0 Å². The number of hydrogen-bond donors (Lipinski definition) is 0. The molecule has 0 aromatic rings. The third kappa shape index (κ3) is 66.5. The van der Waals surface area contributed by atoms with Gasteiger partial charge in [-0.2, -0.15) is 0 Å². The van der Waals surface area contributed by atoms with Crippen LogP contribution in [0.3, 0.4) is 0 Å².